The van der Waals surface area contributed by atoms with Gasteiger partial charge in [0, 0.05) is 11.3 Å². The normalized spacial score (nSPS) is 10.8. The SMILES string of the molecule is O=C(NO)c1ccc2ncn(-c3ccc(OCc4ccc(P)cc4)cc3)c2c1. The van der Waals surface area contributed by atoms with E-state index in [2.05, 4.69) is 14.2 Å². The molecule has 4 aromatic rings. The first-order valence-electron chi connectivity index (χ1n) is 8.63. The van der Waals surface area contributed by atoms with Gasteiger partial charge in [0.2, 0.25) is 0 Å². The molecule has 0 bridgehead atoms. The molecule has 1 unspecified atom stereocenters. The second-order valence-electron chi connectivity index (χ2n) is 6.28. The number of ether oxygens (including phenoxy) is 1. The zero-order valence-electron chi connectivity index (χ0n) is 14.9. The first kappa shape index (κ1) is 18.2. The molecule has 3 aromatic carbocycles. The molecular weight excluding hydrogens is 373 g/mol. The van der Waals surface area contributed by atoms with Crippen molar-refractivity contribution in [3.8, 4) is 11.4 Å². The number of hydroxylamine groups is 1. The Morgan fingerprint density at radius 3 is 2.54 bits per heavy atom. The molecule has 0 fully saturated rings. The maximum Gasteiger partial charge on any atom is 0.274 e. The summed E-state index contributed by atoms with van der Waals surface area (Å²) < 4.78 is 7.72. The molecule has 140 valence electrons. The smallest absolute Gasteiger partial charge is 0.274 e. The van der Waals surface area contributed by atoms with Crippen LogP contribution in [0.25, 0.3) is 16.7 Å². The van der Waals surface area contributed by atoms with E-state index < -0.39 is 5.91 Å². The molecule has 0 spiro atoms. The molecule has 2 N–H and O–H groups in total. The van der Waals surface area contributed by atoms with Crippen LogP contribution in [-0.2, 0) is 6.61 Å². The minimum Gasteiger partial charge on any atom is -0.489 e. The van der Waals surface area contributed by atoms with Crippen LogP contribution in [0.5, 0.6) is 5.75 Å². The summed E-state index contributed by atoms with van der Waals surface area (Å²) in [6.45, 7) is 0.498. The lowest BCUT2D eigenvalue weighted by Crippen LogP contribution is -2.18. The molecule has 4 rings (SSSR count). The zero-order valence-corrected chi connectivity index (χ0v) is 16.0. The van der Waals surface area contributed by atoms with Crippen molar-refractivity contribution in [2.24, 2.45) is 0 Å². The lowest BCUT2D eigenvalue weighted by molar-refractivity contribution is 0.0706. The number of rotatable bonds is 5. The standard InChI is InChI=1S/C21H18N3O3P/c25-21(23-26)15-3-10-19-20(11-15)24(13-22-19)16-4-6-17(7-5-16)27-12-14-1-8-18(28)9-2-14/h1-11,13,26H,12,28H2,(H,23,25). The quantitative estimate of drug-likeness (QED) is 0.311. The van der Waals surface area contributed by atoms with E-state index in [1.54, 1.807) is 30.0 Å². The molecule has 0 aliphatic carbocycles. The van der Waals surface area contributed by atoms with E-state index in [-0.39, 0.29) is 0 Å². The van der Waals surface area contributed by atoms with Crippen molar-refractivity contribution in [3.05, 3.63) is 84.2 Å². The fourth-order valence-electron chi connectivity index (χ4n) is 2.90. The second kappa shape index (κ2) is 7.80. The number of aromatic nitrogens is 2. The van der Waals surface area contributed by atoms with Crippen LogP contribution in [0.1, 0.15) is 15.9 Å². The summed E-state index contributed by atoms with van der Waals surface area (Å²) in [5, 5.41) is 9.98. The van der Waals surface area contributed by atoms with Crippen molar-refractivity contribution in [2.75, 3.05) is 0 Å². The lowest BCUT2D eigenvalue weighted by atomic mass is 10.2. The first-order chi connectivity index (χ1) is 13.6. The molecule has 0 aliphatic heterocycles. The Kier molecular flexibility index (Phi) is 5.06. The molecule has 0 radical (unpaired) electrons. The molecule has 0 saturated carbocycles. The molecule has 1 heterocycles. The van der Waals surface area contributed by atoms with Gasteiger partial charge in [-0.15, -0.1) is 9.24 Å². The molecule has 6 nitrogen and oxygen atoms in total. The Morgan fingerprint density at radius 2 is 1.82 bits per heavy atom. The topological polar surface area (TPSA) is 76.4 Å². The summed E-state index contributed by atoms with van der Waals surface area (Å²) in [5.74, 6) is 0.205. The van der Waals surface area contributed by atoms with Crippen LogP contribution in [0.2, 0.25) is 0 Å². The van der Waals surface area contributed by atoms with E-state index in [0.717, 1.165) is 33.3 Å². The number of fused-ring (bicyclic) bond motifs is 1. The average Bonchev–Trinajstić information content (AvgIpc) is 3.16. The van der Waals surface area contributed by atoms with E-state index in [1.807, 2.05) is 53.1 Å². The highest BCUT2D eigenvalue weighted by Gasteiger charge is 2.10. The van der Waals surface area contributed by atoms with Crippen molar-refractivity contribution >= 4 is 31.5 Å². The molecule has 1 aromatic heterocycles. The van der Waals surface area contributed by atoms with Crippen LogP contribution < -0.4 is 15.5 Å². The second-order valence-corrected chi connectivity index (χ2v) is 6.95. The molecular formula is C21H18N3O3P. The van der Waals surface area contributed by atoms with Crippen LogP contribution >= 0.6 is 9.24 Å². The third kappa shape index (κ3) is 3.74. The van der Waals surface area contributed by atoms with Crippen molar-refractivity contribution in [1.82, 2.24) is 15.0 Å². The number of carbonyl (C=O) groups excluding carboxylic acids is 1. The first-order valence-corrected chi connectivity index (χ1v) is 9.21. The van der Waals surface area contributed by atoms with Crippen molar-refractivity contribution < 1.29 is 14.7 Å². The van der Waals surface area contributed by atoms with Gasteiger partial charge in [-0.1, -0.05) is 24.3 Å². The van der Waals surface area contributed by atoms with Crippen LogP contribution in [-0.4, -0.2) is 20.7 Å². The van der Waals surface area contributed by atoms with Crippen molar-refractivity contribution in [2.45, 2.75) is 6.61 Å². The fourth-order valence-corrected chi connectivity index (χ4v) is 3.10. The van der Waals surface area contributed by atoms with Gasteiger partial charge in [-0.2, -0.15) is 0 Å². The molecule has 1 atom stereocenters. The highest BCUT2D eigenvalue weighted by Crippen LogP contribution is 2.22. The zero-order chi connectivity index (χ0) is 19.5. The summed E-state index contributed by atoms with van der Waals surface area (Å²) in [7, 11) is 2.66. The molecule has 0 saturated heterocycles. The third-order valence-corrected chi connectivity index (χ3v) is 4.80. The predicted octanol–water partition coefficient (Wildman–Crippen LogP) is 3.22. The van der Waals surface area contributed by atoms with Crippen LogP contribution in [0.3, 0.4) is 0 Å². The summed E-state index contributed by atoms with van der Waals surface area (Å²) in [4.78, 5) is 16.0. The van der Waals surface area contributed by atoms with Gasteiger partial charge in [0.1, 0.15) is 18.7 Å². The highest BCUT2D eigenvalue weighted by atomic mass is 31.0. The molecule has 7 heteroatoms. The van der Waals surface area contributed by atoms with Gasteiger partial charge in [-0.3, -0.25) is 14.6 Å². The maximum absolute atomic E-state index is 11.7. The third-order valence-electron chi connectivity index (χ3n) is 4.41. The van der Waals surface area contributed by atoms with Gasteiger partial charge in [0.25, 0.3) is 5.91 Å². The monoisotopic (exact) mass is 391 g/mol. The van der Waals surface area contributed by atoms with Crippen molar-refractivity contribution in [3.63, 3.8) is 0 Å². The number of imidazole rings is 1. The largest absolute Gasteiger partial charge is 0.489 e. The predicted molar refractivity (Wildman–Crippen MR) is 110 cm³/mol. The number of hydrogen-bond acceptors (Lipinski definition) is 4. The summed E-state index contributed by atoms with van der Waals surface area (Å²) in [6.07, 6.45) is 1.70. The van der Waals surface area contributed by atoms with E-state index in [4.69, 9.17) is 9.94 Å². The van der Waals surface area contributed by atoms with Crippen LogP contribution in [0.4, 0.5) is 0 Å². The lowest BCUT2D eigenvalue weighted by Gasteiger charge is -2.09. The van der Waals surface area contributed by atoms with Gasteiger partial charge < -0.3 is 4.74 Å². The maximum atomic E-state index is 11.7. The molecule has 1 amide bonds. The Balaban J connectivity index is 1.55. The number of hydrogen-bond donors (Lipinski definition) is 2. The summed E-state index contributed by atoms with van der Waals surface area (Å²) >= 11 is 0. The minimum absolute atomic E-state index is 0.355. The van der Waals surface area contributed by atoms with Crippen molar-refractivity contribution in [1.29, 1.82) is 0 Å². The van der Waals surface area contributed by atoms with Gasteiger partial charge in [0.15, 0.2) is 0 Å². The number of carbonyl (C=O) groups is 1. The van der Waals surface area contributed by atoms with E-state index in [1.165, 1.54) is 0 Å². The average molecular weight is 391 g/mol. The number of nitrogens with one attached hydrogen (secondary N) is 1. The minimum atomic E-state index is -0.562. The fraction of sp³-hybridized carbons (Fsp3) is 0.0476. The Bertz CT molecular complexity index is 1120. The Labute approximate surface area is 163 Å². The summed E-state index contributed by atoms with van der Waals surface area (Å²) in [6, 6.07) is 20.8. The number of amides is 1. The Hall–Kier alpha value is -3.21. The number of benzene rings is 3. The van der Waals surface area contributed by atoms with Gasteiger partial charge >= 0.3 is 0 Å². The van der Waals surface area contributed by atoms with Crippen LogP contribution in [0, 0.1) is 0 Å². The van der Waals surface area contributed by atoms with Gasteiger partial charge in [-0.05, 0) is 53.3 Å². The van der Waals surface area contributed by atoms with E-state index in [9.17, 15) is 4.79 Å². The van der Waals surface area contributed by atoms with Crippen LogP contribution in [0.15, 0.2) is 73.1 Å². The molecule has 28 heavy (non-hydrogen) atoms. The summed E-state index contributed by atoms with van der Waals surface area (Å²) in [5.41, 5.74) is 5.53. The number of nitrogens with zero attached hydrogens (tertiary/aromatic N) is 2. The van der Waals surface area contributed by atoms with E-state index >= 15 is 0 Å². The van der Waals surface area contributed by atoms with Gasteiger partial charge in [0.05, 0.1) is 11.0 Å². The van der Waals surface area contributed by atoms with E-state index in [0.29, 0.717) is 12.2 Å². The molecule has 0 aliphatic rings. The van der Waals surface area contributed by atoms with Gasteiger partial charge in [-0.25, -0.2) is 10.5 Å². The highest BCUT2D eigenvalue weighted by molar-refractivity contribution is 7.27. The Morgan fingerprint density at radius 1 is 1.07 bits per heavy atom.